The van der Waals surface area contributed by atoms with Crippen LogP contribution in [0, 0.1) is 17.8 Å². The number of hydrogen-bond acceptors (Lipinski definition) is 9. The first-order valence-corrected chi connectivity index (χ1v) is 17.4. The molecule has 3 heterocycles. The molecule has 5 rings (SSSR count). The Kier molecular flexibility index (Phi) is 11.5. The van der Waals surface area contributed by atoms with Gasteiger partial charge in [-0.25, -0.2) is 9.59 Å². The van der Waals surface area contributed by atoms with E-state index in [0.29, 0.717) is 30.5 Å². The summed E-state index contributed by atoms with van der Waals surface area (Å²) in [5, 5.41) is 0. The Hall–Kier alpha value is -1.51. The first-order chi connectivity index (χ1) is 21.0. The summed E-state index contributed by atoms with van der Waals surface area (Å²) >= 11 is 2.42. The summed E-state index contributed by atoms with van der Waals surface area (Å²) < 4.78 is 42.4. The van der Waals surface area contributed by atoms with Crippen molar-refractivity contribution >= 4 is 34.8 Å². The molecule has 0 radical (unpaired) electrons. The van der Waals surface area contributed by atoms with Crippen LogP contribution in [0.1, 0.15) is 78.7 Å². The first kappa shape index (κ1) is 33.8. The highest BCUT2D eigenvalue weighted by Gasteiger charge is 2.61. The van der Waals surface area contributed by atoms with E-state index < -0.39 is 48.6 Å². The Morgan fingerprint density at radius 1 is 1.14 bits per heavy atom. The highest BCUT2D eigenvalue weighted by atomic mass is 127. The third-order valence-corrected chi connectivity index (χ3v) is 10.1. The molecule has 2 amide bonds. The van der Waals surface area contributed by atoms with Crippen molar-refractivity contribution in [3.63, 3.8) is 0 Å². The zero-order valence-electron chi connectivity index (χ0n) is 26.5. The van der Waals surface area contributed by atoms with Crippen LogP contribution in [0.25, 0.3) is 0 Å². The lowest BCUT2D eigenvalue weighted by Crippen LogP contribution is -2.66. The van der Waals surface area contributed by atoms with Gasteiger partial charge in [0.15, 0.2) is 18.2 Å². The zero-order valence-corrected chi connectivity index (χ0v) is 28.7. The van der Waals surface area contributed by atoms with Crippen molar-refractivity contribution < 1.29 is 42.7 Å². The lowest BCUT2D eigenvalue weighted by Gasteiger charge is -2.48. The maximum atomic E-state index is 13.2. The van der Waals surface area contributed by atoms with Gasteiger partial charge in [-0.1, -0.05) is 80.1 Å². The molecule has 44 heavy (non-hydrogen) atoms. The molecule has 3 saturated heterocycles. The molecule has 246 valence electrons. The van der Waals surface area contributed by atoms with Gasteiger partial charge in [0.1, 0.15) is 29.0 Å². The summed E-state index contributed by atoms with van der Waals surface area (Å²) in [5.41, 5.74) is 0.808. The normalized spacial score (nSPS) is 33.8. The molecule has 0 N–H and O–H groups in total. The van der Waals surface area contributed by atoms with E-state index in [2.05, 4.69) is 43.4 Å². The van der Waals surface area contributed by atoms with Gasteiger partial charge in [0.05, 0.1) is 12.7 Å². The molecule has 1 aliphatic carbocycles. The summed E-state index contributed by atoms with van der Waals surface area (Å²) in [5.74, 6) is 1.05. The van der Waals surface area contributed by atoms with E-state index in [1.807, 2.05) is 30.3 Å². The molecule has 9 atom stereocenters. The molecular formula is C33H48INO9. The fourth-order valence-electron chi connectivity index (χ4n) is 6.77. The number of halogens is 1. The van der Waals surface area contributed by atoms with Crippen molar-refractivity contribution in [1.29, 1.82) is 0 Å². The SMILES string of the molecule is CC(C)[C@@H]1CC[C@@H](C)C[C@H]1OC(I)CCCCO[C@H]1O[C@@H]2COC(C)(C)O[C@H]2[C@@H]2OC(=O)N(C(=O)OCc3ccccc3)[C@H]12. The van der Waals surface area contributed by atoms with Gasteiger partial charge in [-0.2, -0.15) is 4.90 Å². The zero-order chi connectivity index (χ0) is 31.4. The van der Waals surface area contributed by atoms with Gasteiger partial charge >= 0.3 is 12.2 Å². The molecule has 0 aromatic heterocycles. The van der Waals surface area contributed by atoms with Crippen LogP contribution in [0.4, 0.5) is 9.59 Å². The number of nitrogens with zero attached hydrogens (tertiary/aromatic N) is 1. The predicted octanol–water partition coefficient (Wildman–Crippen LogP) is 6.81. The van der Waals surface area contributed by atoms with Crippen LogP contribution in [0.3, 0.4) is 0 Å². The molecular weight excluding hydrogens is 681 g/mol. The number of benzene rings is 1. The van der Waals surface area contributed by atoms with Gasteiger partial charge in [-0.3, -0.25) is 0 Å². The Bertz CT molecular complexity index is 1100. The number of unbranched alkanes of at least 4 members (excludes halogenated alkanes) is 1. The van der Waals surface area contributed by atoms with Crippen molar-refractivity contribution in [2.45, 2.75) is 126 Å². The summed E-state index contributed by atoms with van der Waals surface area (Å²) in [6, 6.07) is 8.44. The third-order valence-electron chi connectivity index (χ3n) is 9.15. The summed E-state index contributed by atoms with van der Waals surface area (Å²) in [6.07, 6.45) is 2.14. The highest BCUT2D eigenvalue weighted by molar-refractivity contribution is 14.1. The van der Waals surface area contributed by atoms with Crippen LogP contribution >= 0.6 is 22.6 Å². The second kappa shape index (κ2) is 14.9. The number of ether oxygens (including phenoxy) is 7. The Morgan fingerprint density at radius 3 is 2.66 bits per heavy atom. The standard InChI is InChI=1S/C33H48INO9/c1-20(2)23-15-14-21(3)17-24(23)41-26(34)13-9-10-16-38-30-27-29(28-25(42-30)19-40-33(4,5)44-28)43-32(37)35(27)31(36)39-18-22-11-7-6-8-12-22/h6-8,11-12,20-21,23-30H,9-10,13-19H2,1-5H3/t21-,23+,24-,25-,26?,27+,28-,29-,30+/m1/s1. The minimum atomic E-state index is -0.910. The topological polar surface area (TPSA) is 102 Å². The molecule has 11 heteroatoms. The monoisotopic (exact) mass is 729 g/mol. The van der Waals surface area contributed by atoms with Crippen LogP contribution < -0.4 is 0 Å². The van der Waals surface area contributed by atoms with E-state index >= 15 is 0 Å². The van der Waals surface area contributed by atoms with E-state index in [1.54, 1.807) is 13.8 Å². The van der Waals surface area contributed by atoms with Crippen molar-refractivity contribution in [1.82, 2.24) is 4.90 Å². The van der Waals surface area contributed by atoms with Crippen molar-refractivity contribution in [2.24, 2.45) is 17.8 Å². The van der Waals surface area contributed by atoms with Crippen LogP contribution in [-0.4, -0.2) is 76.9 Å². The number of carbonyl (C=O) groups is 2. The van der Waals surface area contributed by atoms with Crippen LogP contribution in [0.5, 0.6) is 0 Å². The fraction of sp³-hybridized carbons (Fsp3) is 0.758. The number of hydrogen-bond donors (Lipinski definition) is 0. The molecule has 4 fully saturated rings. The number of carbonyl (C=O) groups excluding carboxylic acids is 2. The quantitative estimate of drug-likeness (QED) is 0.138. The molecule has 1 saturated carbocycles. The Morgan fingerprint density at radius 2 is 1.91 bits per heavy atom. The number of imide groups is 1. The second-order valence-electron chi connectivity index (χ2n) is 13.4. The molecule has 10 nitrogen and oxygen atoms in total. The predicted molar refractivity (Wildman–Crippen MR) is 170 cm³/mol. The Balaban J connectivity index is 1.17. The minimum absolute atomic E-state index is 0.0217. The van der Waals surface area contributed by atoms with E-state index in [1.165, 1.54) is 12.8 Å². The van der Waals surface area contributed by atoms with Gasteiger partial charge < -0.3 is 33.2 Å². The van der Waals surface area contributed by atoms with Gasteiger partial charge in [-0.15, -0.1) is 0 Å². The average Bonchev–Trinajstić information content (AvgIpc) is 3.33. The van der Waals surface area contributed by atoms with Crippen molar-refractivity contribution in [2.75, 3.05) is 13.2 Å². The molecule has 1 unspecified atom stereocenters. The molecule has 1 aromatic rings. The number of amides is 2. The number of fused-ring (bicyclic) bond motifs is 3. The van der Waals surface area contributed by atoms with Crippen molar-refractivity contribution in [3.05, 3.63) is 35.9 Å². The molecule has 0 bridgehead atoms. The fourth-order valence-corrected chi connectivity index (χ4v) is 7.59. The summed E-state index contributed by atoms with van der Waals surface area (Å²) in [7, 11) is 0. The smallest absolute Gasteiger partial charge is 0.420 e. The maximum Gasteiger partial charge on any atom is 0.420 e. The minimum Gasteiger partial charge on any atom is -0.444 e. The number of rotatable bonds is 11. The van der Waals surface area contributed by atoms with Gasteiger partial charge in [0.25, 0.3) is 0 Å². The van der Waals surface area contributed by atoms with E-state index in [9.17, 15) is 9.59 Å². The van der Waals surface area contributed by atoms with Gasteiger partial charge in [0.2, 0.25) is 0 Å². The molecule has 3 aliphatic heterocycles. The lowest BCUT2D eigenvalue weighted by atomic mass is 9.75. The third kappa shape index (κ3) is 8.25. The molecule has 1 aromatic carbocycles. The van der Waals surface area contributed by atoms with Crippen LogP contribution in [0.15, 0.2) is 30.3 Å². The largest absolute Gasteiger partial charge is 0.444 e. The van der Waals surface area contributed by atoms with Crippen LogP contribution in [-0.2, 0) is 39.8 Å². The average molecular weight is 730 g/mol. The second-order valence-corrected chi connectivity index (χ2v) is 14.8. The summed E-state index contributed by atoms with van der Waals surface area (Å²) in [6.45, 7) is 11.2. The van der Waals surface area contributed by atoms with Gasteiger partial charge in [0, 0.05) is 6.61 Å². The maximum absolute atomic E-state index is 13.2. The Labute approximate surface area is 274 Å². The summed E-state index contributed by atoms with van der Waals surface area (Å²) in [4.78, 5) is 27.3. The highest BCUT2D eigenvalue weighted by Crippen LogP contribution is 2.40. The molecule has 4 aliphatic rings. The van der Waals surface area contributed by atoms with E-state index in [-0.39, 0.29) is 17.3 Å². The number of alkyl halides is 1. The van der Waals surface area contributed by atoms with E-state index in [4.69, 9.17) is 33.2 Å². The van der Waals surface area contributed by atoms with Crippen molar-refractivity contribution in [3.8, 4) is 0 Å². The lowest BCUT2D eigenvalue weighted by molar-refractivity contribution is -0.365. The van der Waals surface area contributed by atoms with Gasteiger partial charge in [-0.05, 0) is 69.3 Å². The first-order valence-electron chi connectivity index (χ1n) is 16.1. The molecule has 0 spiro atoms. The van der Waals surface area contributed by atoms with E-state index in [0.717, 1.165) is 36.1 Å². The van der Waals surface area contributed by atoms with Crippen LogP contribution in [0.2, 0.25) is 0 Å².